The van der Waals surface area contributed by atoms with Crippen molar-refractivity contribution in [3.8, 4) is 0 Å². The van der Waals surface area contributed by atoms with E-state index < -0.39 is 5.97 Å². The Hall–Kier alpha value is -1.31. The highest BCUT2D eigenvalue weighted by Crippen LogP contribution is 2.61. The molecule has 0 aliphatic heterocycles. The minimum absolute atomic E-state index is 0.257. The van der Waals surface area contributed by atoms with Crippen molar-refractivity contribution in [3.05, 3.63) is 34.9 Å². The number of fused-ring (bicyclic) bond motifs is 1. The van der Waals surface area contributed by atoms with Crippen molar-refractivity contribution in [3.63, 3.8) is 0 Å². The zero-order valence-electron chi connectivity index (χ0n) is 14.5. The first-order valence-electron chi connectivity index (χ1n) is 8.57. The second kappa shape index (κ2) is 6.85. The zero-order chi connectivity index (χ0) is 16.3. The molecule has 0 aromatic heterocycles. The number of allylic oxidation sites excluding steroid dienone is 5. The highest BCUT2D eigenvalue weighted by molar-refractivity contribution is 5.86. The molecule has 2 atom stereocenters. The molecule has 0 heterocycles. The predicted octanol–water partition coefficient (Wildman–Crippen LogP) is 5.52. The van der Waals surface area contributed by atoms with E-state index in [2.05, 4.69) is 45.9 Å². The Kier molecular flexibility index (Phi) is 5.31. The summed E-state index contributed by atoms with van der Waals surface area (Å²) in [4.78, 5) is 11.5. The van der Waals surface area contributed by atoms with Gasteiger partial charge in [0.25, 0.3) is 0 Å². The lowest BCUT2D eigenvalue weighted by Gasteiger charge is -2.05. The molecule has 2 aliphatic carbocycles. The van der Waals surface area contributed by atoms with Gasteiger partial charge in [0.15, 0.2) is 0 Å². The second-order valence-corrected chi connectivity index (χ2v) is 7.67. The van der Waals surface area contributed by atoms with Crippen molar-refractivity contribution in [1.82, 2.24) is 0 Å². The minimum Gasteiger partial charge on any atom is -0.478 e. The van der Waals surface area contributed by atoms with Crippen LogP contribution in [-0.4, -0.2) is 11.1 Å². The Morgan fingerprint density at radius 2 is 1.68 bits per heavy atom. The van der Waals surface area contributed by atoms with E-state index in [4.69, 9.17) is 0 Å². The molecule has 1 fully saturated rings. The molecule has 1 N–H and O–H groups in total. The maximum atomic E-state index is 11.5. The molecule has 22 heavy (non-hydrogen) atoms. The number of hydrogen-bond donors (Lipinski definition) is 1. The third kappa shape index (κ3) is 4.12. The Labute approximate surface area is 135 Å². The Bertz CT molecular complexity index is 520. The average molecular weight is 302 g/mol. The molecule has 0 amide bonds. The summed E-state index contributed by atoms with van der Waals surface area (Å²) in [6.07, 6.45) is 12.6. The fourth-order valence-corrected chi connectivity index (χ4v) is 3.75. The van der Waals surface area contributed by atoms with Crippen molar-refractivity contribution in [2.24, 2.45) is 17.3 Å². The number of carboxylic acid groups (broad SMARTS) is 1. The first-order chi connectivity index (χ1) is 10.3. The first-order valence-corrected chi connectivity index (χ1v) is 8.57. The molecule has 0 spiro atoms. The third-order valence-electron chi connectivity index (χ3n) is 5.58. The van der Waals surface area contributed by atoms with Gasteiger partial charge in [0.05, 0.1) is 0 Å². The molecule has 2 heteroatoms. The van der Waals surface area contributed by atoms with Crippen molar-refractivity contribution in [2.75, 3.05) is 0 Å². The van der Waals surface area contributed by atoms with Crippen LogP contribution in [0.2, 0.25) is 0 Å². The van der Waals surface area contributed by atoms with Gasteiger partial charge >= 0.3 is 5.97 Å². The second-order valence-electron chi connectivity index (χ2n) is 7.67. The molecule has 0 aromatic rings. The van der Waals surface area contributed by atoms with Crippen LogP contribution in [0.4, 0.5) is 0 Å². The van der Waals surface area contributed by atoms with E-state index in [1.165, 1.54) is 17.6 Å². The van der Waals surface area contributed by atoms with Crippen LogP contribution in [0.15, 0.2) is 34.9 Å². The van der Waals surface area contributed by atoms with Gasteiger partial charge in [-0.25, -0.2) is 4.79 Å². The summed E-state index contributed by atoms with van der Waals surface area (Å²) < 4.78 is 0. The van der Waals surface area contributed by atoms with Crippen LogP contribution >= 0.6 is 0 Å². The van der Waals surface area contributed by atoms with E-state index in [1.54, 1.807) is 0 Å². The van der Waals surface area contributed by atoms with Crippen molar-refractivity contribution < 1.29 is 9.90 Å². The van der Waals surface area contributed by atoms with Gasteiger partial charge in [-0.05, 0) is 69.6 Å². The minimum atomic E-state index is -0.740. The van der Waals surface area contributed by atoms with Gasteiger partial charge in [-0.15, -0.1) is 0 Å². The summed E-state index contributed by atoms with van der Waals surface area (Å²) >= 11 is 0. The molecule has 2 unspecified atom stereocenters. The Morgan fingerprint density at radius 3 is 2.32 bits per heavy atom. The van der Waals surface area contributed by atoms with Crippen LogP contribution in [0.3, 0.4) is 0 Å². The van der Waals surface area contributed by atoms with Gasteiger partial charge in [-0.2, -0.15) is 0 Å². The third-order valence-corrected chi connectivity index (χ3v) is 5.58. The smallest absolute Gasteiger partial charge is 0.331 e. The monoisotopic (exact) mass is 302 g/mol. The number of aliphatic carboxylic acids is 1. The summed E-state index contributed by atoms with van der Waals surface area (Å²) in [5, 5.41) is 9.46. The van der Waals surface area contributed by atoms with Crippen LogP contribution < -0.4 is 0 Å². The average Bonchev–Trinajstić information content (AvgIpc) is 2.94. The lowest BCUT2D eigenvalue weighted by molar-refractivity contribution is -0.132. The highest BCUT2D eigenvalue weighted by atomic mass is 16.4. The quantitative estimate of drug-likeness (QED) is 0.648. The number of carboxylic acids is 1. The molecule has 0 radical (unpaired) electrons. The molecule has 122 valence electrons. The Morgan fingerprint density at radius 1 is 1.09 bits per heavy atom. The van der Waals surface area contributed by atoms with Gasteiger partial charge in [0, 0.05) is 5.57 Å². The molecular weight excluding hydrogens is 272 g/mol. The van der Waals surface area contributed by atoms with Gasteiger partial charge < -0.3 is 5.11 Å². The maximum Gasteiger partial charge on any atom is 0.331 e. The van der Waals surface area contributed by atoms with Gasteiger partial charge in [-0.1, -0.05) is 43.2 Å². The molecule has 2 nitrogen and oxygen atoms in total. The summed E-state index contributed by atoms with van der Waals surface area (Å²) in [6.45, 7) is 8.94. The van der Waals surface area contributed by atoms with E-state index in [-0.39, 0.29) is 5.41 Å². The summed E-state index contributed by atoms with van der Waals surface area (Å²) in [5.74, 6) is 0.320. The van der Waals surface area contributed by atoms with Crippen molar-refractivity contribution in [1.29, 1.82) is 0 Å². The van der Waals surface area contributed by atoms with Gasteiger partial charge in [0.2, 0.25) is 0 Å². The van der Waals surface area contributed by atoms with Gasteiger partial charge in [-0.3, -0.25) is 0 Å². The Balaban J connectivity index is 2.19. The lowest BCUT2D eigenvalue weighted by Crippen LogP contribution is -2.02. The van der Waals surface area contributed by atoms with Crippen LogP contribution in [0, 0.1) is 17.3 Å². The van der Waals surface area contributed by atoms with E-state index in [0.717, 1.165) is 25.7 Å². The molecule has 2 aliphatic rings. The van der Waals surface area contributed by atoms with Gasteiger partial charge in [0.1, 0.15) is 0 Å². The van der Waals surface area contributed by atoms with Crippen molar-refractivity contribution in [2.45, 2.75) is 66.2 Å². The standard InChI is InChI=1S/C20H30O2/c1-14-7-5-8-15(2)11-12-17-18(20(17,3)4)13-16(19(21)22)10-6-9-14/h8-9,13,17-18H,5-7,10-12H2,1-4H3,(H,21,22). The summed E-state index contributed by atoms with van der Waals surface area (Å²) in [7, 11) is 0. The van der Waals surface area contributed by atoms with Crippen molar-refractivity contribution >= 4 is 5.97 Å². The van der Waals surface area contributed by atoms with E-state index in [0.29, 0.717) is 23.8 Å². The highest BCUT2D eigenvalue weighted by Gasteiger charge is 2.55. The molecule has 1 saturated carbocycles. The van der Waals surface area contributed by atoms with Crippen LogP contribution in [0.5, 0.6) is 0 Å². The maximum absolute atomic E-state index is 11.5. The van der Waals surface area contributed by atoms with Crippen LogP contribution in [-0.2, 0) is 4.79 Å². The normalized spacial score (nSPS) is 29.4. The van der Waals surface area contributed by atoms with E-state index in [1.807, 2.05) is 0 Å². The molecule has 2 rings (SSSR count). The summed E-state index contributed by atoms with van der Waals surface area (Å²) in [5.41, 5.74) is 3.71. The zero-order valence-corrected chi connectivity index (χ0v) is 14.5. The SMILES string of the molecule is CC1=CCCC(C(=O)O)=CC2C(CCC(C)=CCC1)C2(C)C. The first kappa shape index (κ1) is 17.1. The fourth-order valence-electron chi connectivity index (χ4n) is 3.75. The molecule has 0 aromatic carbocycles. The molecule has 0 saturated heterocycles. The summed E-state index contributed by atoms with van der Waals surface area (Å²) in [6, 6.07) is 0. The van der Waals surface area contributed by atoms with E-state index >= 15 is 0 Å². The van der Waals surface area contributed by atoms with Crippen LogP contribution in [0.25, 0.3) is 0 Å². The molecule has 0 bridgehead atoms. The number of hydrogen-bond acceptors (Lipinski definition) is 1. The number of carbonyl (C=O) groups is 1. The molecular formula is C20H30O2. The topological polar surface area (TPSA) is 37.3 Å². The lowest BCUT2D eigenvalue weighted by atomic mass is 10.0. The largest absolute Gasteiger partial charge is 0.478 e. The van der Waals surface area contributed by atoms with E-state index in [9.17, 15) is 9.90 Å². The predicted molar refractivity (Wildman–Crippen MR) is 91.7 cm³/mol. The fraction of sp³-hybridized carbons (Fsp3) is 0.650. The number of rotatable bonds is 1. The van der Waals surface area contributed by atoms with Crippen LogP contribution in [0.1, 0.15) is 66.2 Å².